The number of amides is 1. The average Bonchev–Trinajstić information content (AvgIpc) is 2.54. The van der Waals surface area contributed by atoms with Gasteiger partial charge in [0.1, 0.15) is 11.4 Å². The van der Waals surface area contributed by atoms with Gasteiger partial charge in [-0.15, -0.1) is 0 Å². The highest BCUT2D eigenvalue weighted by Crippen LogP contribution is 2.26. The van der Waals surface area contributed by atoms with E-state index in [9.17, 15) is 13.2 Å². The van der Waals surface area contributed by atoms with Crippen molar-refractivity contribution in [3.05, 3.63) is 24.3 Å². The molecule has 1 fully saturated rings. The van der Waals surface area contributed by atoms with Crippen LogP contribution in [0.2, 0.25) is 0 Å². The summed E-state index contributed by atoms with van der Waals surface area (Å²) in [4.78, 5) is 14.0. The summed E-state index contributed by atoms with van der Waals surface area (Å²) >= 11 is 0. The Morgan fingerprint density at radius 1 is 1.16 bits per heavy atom. The van der Waals surface area contributed by atoms with Crippen LogP contribution in [0.25, 0.3) is 0 Å². The van der Waals surface area contributed by atoms with E-state index in [4.69, 9.17) is 9.47 Å². The topological polar surface area (TPSA) is 72.9 Å². The number of benzene rings is 1. The van der Waals surface area contributed by atoms with Crippen LogP contribution >= 0.6 is 0 Å². The third kappa shape index (κ3) is 5.11. The molecule has 1 aromatic carbocycles. The van der Waals surface area contributed by atoms with Crippen molar-refractivity contribution in [2.45, 2.75) is 56.3 Å². The van der Waals surface area contributed by atoms with Crippen molar-refractivity contribution in [2.24, 2.45) is 0 Å². The van der Waals surface area contributed by atoms with Gasteiger partial charge in [0.2, 0.25) is 0 Å². The molecule has 140 valence electrons. The van der Waals surface area contributed by atoms with Gasteiger partial charge in [0, 0.05) is 13.1 Å². The van der Waals surface area contributed by atoms with Gasteiger partial charge in [-0.05, 0) is 64.8 Å². The molecule has 0 saturated carbocycles. The molecule has 1 aromatic rings. The predicted octanol–water partition coefficient (Wildman–Crippen LogP) is 3.26. The van der Waals surface area contributed by atoms with Crippen LogP contribution in [0.3, 0.4) is 0 Å². The minimum Gasteiger partial charge on any atom is -0.494 e. The van der Waals surface area contributed by atoms with Crippen molar-refractivity contribution in [3.8, 4) is 5.75 Å². The fraction of sp³-hybridized carbons (Fsp3) is 0.611. The van der Waals surface area contributed by atoms with Crippen molar-refractivity contribution in [2.75, 3.05) is 19.7 Å². The van der Waals surface area contributed by atoms with Crippen molar-refractivity contribution < 1.29 is 22.7 Å². The summed E-state index contributed by atoms with van der Waals surface area (Å²) in [5.74, 6) is 0.654. The number of piperidine rings is 1. The summed E-state index contributed by atoms with van der Waals surface area (Å²) in [6, 6.07) is 6.51. The van der Waals surface area contributed by atoms with Crippen LogP contribution in [0.15, 0.2) is 29.2 Å². The number of likely N-dealkylation sites (tertiary alicyclic amines) is 1. The maximum Gasteiger partial charge on any atom is 0.410 e. The lowest BCUT2D eigenvalue weighted by Gasteiger charge is -2.33. The lowest BCUT2D eigenvalue weighted by molar-refractivity contribution is 0.0217. The molecule has 25 heavy (non-hydrogen) atoms. The Morgan fingerprint density at radius 3 is 2.20 bits per heavy atom. The number of sulfone groups is 1. The summed E-state index contributed by atoms with van der Waals surface area (Å²) in [5.41, 5.74) is -0.553. The lowest BCUT2D eigenvalue weighted by Crippen LogP contribution is -2.44. The van der Waals surface area contributed by atoms with Gasteiger partial charge in [0.25, 0.3) is 0 Å². The van der Waals surface area contributed by atoms with E-state index in [1.807, 2.05) is 27.7 Å². The molecule has 1 amide bonds. The second-order valence-corrected chi connectivity index (χ2v) is 9.34. The first kappa shape index (κ1) is 19.6. The van der Waals surface area contributed by atoms with Gasteiger partial charge in [-0.3, -0.25) is 0 Å². The van der Waals surface area contributed by atoms with Crippen LogP contribution in [0.4, 0.5) is 4.79 Å². The van der Waals surface area contributed by atoms with E-state index in [-0.39, 0.29) is 6.09 Å². The first-order valence-electron chi connectivity index (χ1n) is 8.58. The Kier molecular flexibility index (Phi) is 5.98. The highest BCUT2D eigenvalue weighted by Gasteiger charge is 2.34. The summed E-state index contributed by atoms with van der Waals surface area (Å²) in [7, 11) is -3.41. The molecule has 0 aromatic heterocycles. The zero-order valence-corrected chi connectivity index (χ0v) is 16.1. The largest absolute Gasteiger partial charge is 0.494 e. The monoisotopic (exact) mass is 369 g/mol. The van der Waals surface area contributed by atoms with Crippen LogP contribution in [0, 0.1) is 0 Å². The van der Waals surface area contributed by atoms with Crippen molar-refractivity contribution >= 4 is 15.9 Å². The fourth-order valence-corrected chi connectivity index (χ4v) is 4.49. The van der Waals surface area contributed by atoms with Gasteiger partial charge in [-0.2, -0.15) is 0 Å². The second kappa shape index (κ2) is 7.64. The van der Waals surface area contributed by atoms with E-state index in [2.05, 4.69) is 0 Å². The zero-order valence-electron chi connectivity index (χ0n) is 15.3. The summed E-state index contributed by atoms with van der Waals surface area (Å²) < 4.78 is 36.3. The predicted molar refractivity (Wildman–Crippen MR) is 95.6 cm³/mol. The first-order chi connectivity index (χ1) is 11.6. The summed E-state index contributed by atoms with van der Waals surface area (Å²) in [6.07, 6.45) is 0.438. The first-order valence-corrected chi connectivity index (χ1v) is 10.1. The number of nitrogens with zero attached hydrogens (tertiary/aromatic N) is 1. The smallest absolute Gasteiger partial charge is 0.410 e. The molecule has 0 radical (unpaired) electrons. The molecule has 0 spiro atoms. The van der Waals surface area contributed by atoms with E-state index < -0.39 is 20.7 Å². The van der Waals surface area contributed by atoms with Gasteiger partial charge in [-0.1, -0.05) is 0 Å². The molecule has 1 aliphatic heterocycles. The molecule has 2 rings (SSSR count). The molecule has 0 bridgehead atoms. The van der Waals surface area contributed by atoms with Gasteiger partial charge in [-0.25, -0.2) is 13.2 Å². The van der Waals surface area contributed by atoms with Gasteiger partial charge in [0.05, 0.1) is 16.8 Å². The second-order valence-electron chi connectivity index (χ2n) is 7.12. The third-order valence-electron chi connectivity index (χ3n) is 4.00. The SMILES string of the molecule is CCOc1ccc(S(=O)(=O)C2CCN(C(=O)OC(C)(C)C)CC2)cc1. The van der Waals surface area contributed by atoms with E-state index in [0.717, 1.165) is 0 Å². The molecule has 1 aliphatic rings. The fourth-order valence-electron chi connectivity index (χ4n) is 2.76. The minimum atomic E-state index is -3.41. The Morgan fingerprint density at radius 2 is 1.72 bits per heavy atom. The van der Waals surface area contributed by atoms with Crippen molar-refractivity contribution in [3.63, 3.8) is 0 Å². The standard InChI is InChI=1S/C18H27NO5S/c1-5-23-14-6-8-15(9-7-14)25(21,22)16-10-12-19(13-11-16)17(20)24-18(2,3)4/h6-9,16H,5,10-13H2,1-4H3. The number of ether oxygens (including phenoxy) is 2. The van der Waals surface area contributed by atoms with Crippen LogP contribution in [-0.4, -0.2) is 50.0 Å². The van der Waals surface area contributed by atoms with Crippen LogP contribution in [0.5, 0.6) is 5.75 Å². The maximum atomic E-state index is 12.8. The lowest BCUT2D eigenvalue weighted by atomic mass is 10.1. The number of rotatable bonds is 4. The summed E-state index contributed by atoms with van der Waals surface area (Å²) in [6.45, 7) is 8.63. The maximum absolute atomic E-state index is 12.8. The van der Waals surface area contributed by atoms with Crippen molar-refractivity contribution in [1.82, 2.24) is 4.90 Å². The normalized spacial score (nSPS) is 16.6. The number of hydrogen-bond donors (Lipinski definition) is 0. The van der Waals surface area contributed by atoms with E-state index in [0.29, 0.717) is 43.2 Å². The van der Waals surface area contributed by atoms with Crippen molar-refractivity contribution in [1.29, 1.82) is 0 Å². The van der Waals surface area contributed by atoms with E-state index >= 15 is 0 Å². The molecule has 6 nitrogen and oxygen atoms in total. The molecule has 7 heteroatoms. The van der Waals surface area contributed by atoms with Crippen LogP contribution < -0.4 is 4.74 Å². The van der Waals surface area contributed by atoms with Gasteiger partial charge >= 0.3 is 6.09 Å². The third-order valence-corrected chi connectivity index (χ3v) is 6.27. The highest BCUT2D eigenvalue weighted by atomic mass is 32.2. The molecular formula is C18H27NO5S. The summed E-state index contributed by atoms with van der Waals surface area (Å²) in [5, 5.41) is -0.482. The highest BCUT2D eigenvalue weighted by molar-refractivity contribution is 7.92. The quantitative estimate of drug-likeness (QED) is 0.814. The van der Waals surface area contributed by atoms with Gasteiger partial charge < -0.3 is 14.4 Å². The molecule has 1 saturated heterocycles. The molecule has 0 unspecified atom stereocenters. The van der Waals surface area contributed by atoms with Crippen LogP contribution in [-0.2, 0) is 14.6 Å². The molecule has 0 N–H and O–H groups in total. The Balaban J connectivity index is 2.00. The van der Waals surface area contributed by atoms with Crippen LogP contribution in [0.1, 0.15) is 40.5 Å². The Hall–Kier alpha value is -1.76. The molecule has 1 heterocycles. The zero-order chi connectivity index (χ0) is 18.7. The number of carbonyl (C=O) groups excluding carboxylic acids is 1. The molecule has 0 atom stereocenters. The van der Waals surface area contributed by atoms with E-state index in [1.165, 1.54) is 0 Å². The van der Waals surface area contributed by atoms with E-state index in [1.54, 1.807) is 29.2 Å². The number of carbonyl (C=O) groups is 1. The minimum absolute atomic E-state index is 0.298. The molecular weight excluding hydrogens is 342 g/mol. The van der Waals surface area contributed by atoms with Gasteiger partial charge in [0.15, 0.2) is 9.84 Å². The molecule has 0 aliphatic carbocycles. The Labute approximate surface area is 150 Å². The number of hydrogen-bond acceptors (Lipinski definition) is 5. The average molecular weight is 369 g/mol. The Bertz CT molecular complexity index is 683.